The monoisotopic (exact) mass is 332 g/mol. The van der Waals surface area contributed by atoms with E-state index in [-0.39, 0.29) is 0 Å². The molecule has 120 valence electrons. The zero-order valence-electron chi connectivity index (χ0n) is 13.4. The largest absolute Gasteiger partial charge is 0.494 e. The fraction of sp³-hybridized carbons (Fsp3) is 0.533. The Balaban J connectivity index is 2.05. The van der Waals surface area contributed by atoms with Gasteiger partial charge in [0.2, 0.25) is 0 Å². The first-order chi connectivity index (χ1) is 9.67. The molecule has 0 bridgehead atoms. The highest BCUT2D eigenvalue weighted by Crippen LogP contribution is 2.54. The van der Waals surface area contributed by atoms with Crippen LogP contribution in [0.2, 0.25) is 5.02 Å². The van der Waals surface area contributed by atoms with Gasteiger partial charge in [-0.25, -0.2) is 4.98 Å². The number of nitrogens with zero attached hydrogens (tertiary/aromatic N) is 2. The summed E-state index contributed by atoms with van der Waals surface area (Å²) < 4.78 is 12.9. The van der Waals surface area contributed by atoms with Crippen LogP contribution in [0.4, 0.5) is 0 Å². The summed E-state index contributed by atoms with van der Waals surface area (Å²) in [5.41, 5.74) is 0.819. The van der Waals surface area contributed by atoms with E-state index in [2.05, 4.69) is 30.0 Å². The average molecular weight is 333 g/mol. The van der Waals surface area contributed by atoms with Crippen molar-refractivity contribution < 1.29 is 9.47 Å². The molecule has 21 heavy (non-hydrogen) atoms. The van der Waals surface area contributed by atoms with Gasteiger partial charge in [-0.2, -0.15) is 0 Å². The van der Waals surface area contributed by atoms with Crippen molar-refractivity contribution in [1.29, 1.82) is 0 Å². The molecule has 0 aromatic carbocycles. The number of aromatic nitrogens is 2. The second-order valence-electron chi connectivity index (χ2n) is 7.37. The third-order valence-electron chi connectivity index (χ3n) is 3.27. The molecule has 0 atom stereocenters. The molecule has 0 spiro atoms. The standard InChI is InChI=1S/C15H25ClN2O2S/c1-19-13-10-17-15-12(14(13)16)6-7-18(15)11-20-8-9-21(2,3,4)5/h6-7,10,21H,8-9,11H2,1-5H3. The number of fused-ring (bicyclic) bond motifs is 1. The third-order valence-corrected chi connectivity index (χ3v) is 5.63. The molecule has 6 heteroatoms. The van der Waals surface area contributed by atoms with Crippen molar-refractivity contribution in [2.24, 2.45) is 0 Å². The van der Waals surface area contributed by atoms with E-state index in [0.29, 0.717) is 17.5 Å². The summed E-state index contributed by atoms with van der Waals surface area (Å²) in [6.45, 7) is 1.26. The highest BCUT2D eigenvalue weighted by atomic mass is 35.5. The Hall–Kier alpha value is -0.910. The topological polar surface area (TPSA) is 36.3 Å². The van der Waals surface area contributed by atoms with Gasteiger partial charge >= 0.3 is 0 Å². The summed E-state index contributed by atoms with van der Waals surface area (Å²) in [5, 5.41) is 1.48. The zero-order chi connectivity index (χ0) is 15.7. The minimum absolute atomic E-state index is 0.492. The highest BCUT2D eigenvalue weighted by molar-refractivity contribution is 8.47. The lowest BCUT2D eigenvalue weighted by Gasteiger charge is -2.46. The molecular weight excluding hydrogens is 308 g/mol. The van der Waals surface area contributed by atoms with Crippen LogP contribution in [0.1, 0.15) is 0 Å². The van der Waals surface area contributed by atoms with Gasteiger partial charge in [-0.3, -0.25) is 9.16 Å². The van der Waals surface area contributed by atoms with Crippen LogP contribution in [-0.2, 0) is 11.5 Å². The van der Waals surface area contributed by atoms with Gasteiger partial charge in [0.15, 0.2) is 5.75 Å². The van der Waals surface area contributed by atoms with Gasteiger partial charge in [0.05, 0.1) is 24.9 Å². The van der Waals surface area contributed by atoms with Crippen molar-refractivity contribution in [2.75, 3.05) is 44.5 Å². The van der Waals surface area contributed by atoms with Gasteiger partial charge in [0.1, 0.15) is 12.4 Å². The van der Waals surface area contributed by atoms with Crippen molar-refractivity contribution in [3.8, 4) is 5.75 Å². The van der Waals surface area contributed by atoms with E-state index >= 15 is 0 Å². The fourth-order valence-electron chi connectivity index (χ4n) is 1.93. The molecule has 0 saturated carbocycles. The second-order valence-corrected chi connectivity index (χ2v) is 16.1. The molecule has 2 aromatic heterocycles. The maximum absolute atomic E-state index is 6.28. The molecule has 0 radical (unpaired) electrons. The number of methoxy groups -OCH3 is 1. The lowest BCUT2D eigenvalue weighted by atomic mass is 10.3. The average Bonchev–Trinajstić information content (AvgIpc) is 2.77. The van der Waals surface area contributed by atoms with Crippen molar-refractivity contribution in [3.63, 3.8) is 0 Å². The van der Waals surface area contributed by atoms with Gasteiger partial charge in [0, 0.05) is 11.6 Å². The third kappa shape index (κ3) is 4.28. The number of hydrogen-bond acceptors (Lipinski definition) is 3. The van der Waals surface area contributed by atoms with Crippen molar-refractivity contribution in [2.45, 2.75) is 6.73 Å². The summed E-state index contributed by atoms with van der Waals surface area (Å²) in [7, 11) is 0.0887. The van der Waals surface area contributed by atoms with E-state index in [1.165, 1.54) is 0 Å². The number of ether oxygens (including phenoxy) is 2. The number of hydrogen-bond donors (Lipinski definition) is 1. The van der Waals surface area contributed by atoms with Crippen molar-refractivity contribution in [3.05, 3.63) is 23.5 Å². The molecule has 4 nitrogen and oxygen atoms in total. The van der Waals surface area contributed by atoms with Crippen LogP contribution in [0, 0.1) is 0 Å². The van der Waals surface area contributed by atoms with Crippen LogP contribution in [-0.4, -0.2) is 54.0 Å². The van der Waals surface area contributed by atoms with Gasteiger partial charge in [0.25, 0.3) is 0 Å². The second kappa shape index (κ2) is 5.71. The Morgan fingerprint density at radius 1 is 1.29 bits per heavy atom. The molecule has 0 unspecified atom stereocenters. The van der Waals surface area contributed by atoms with E-state index in [4.69, 9.17) is 21.1 Å². The van der Waals surface area contributed by atoms with E-state index in [0.717, 1.165) is 23.4 Å². The molecule has 0 N–H and O–H groups in total. The van der Waals surface area contributed by atoms with Crippen LogP contribution < -0.4 is 4.74 Å². The first-order valence-corrected chi connectivity index (χ1v) is 11.5. The molecule has 2 heterocycles. The molecule has 2 aromatic rings. The minimum atomic E-state index is -1.50. The van der Waals surface area contributed by atoms with E-state index < -0.39 is 9.16 Å². The smallest absolute Gasteiger partial charge is 0.156 e. The lowest BCUT2D eigenvalue weighted by molar-refractivity contribution is 0.0922. The molecular formula is C15H25ClN2O2S. The number of halogens is 1. The molecule has 2 rings (SSSR count). The maximum Gasteiger partial charge on any atom is 0.156 e. The van der Waals surface area contributed by atoms with E-state index in [9.17, 15) is 0 Å². The Labute approximate surface area is 131 Å². The summed E-state index contributed by atoms with van der Waals surface area (Å²) in [6, 6.07) is 1.94. The van der Waals surface area contributed by atoms with Crippen LogP contribution in [0.15, 0.2) is 18.5 Å². The molecule has 0 aliphatic carbocycles. The number of pyridine rings is 1. The molecule has 0 saturated heterocycles. The van der Waals surface area contributed by atoms with Crippen molar-refractivity contribution >= 4 is 31.8 Å². The van der Waals surface area contributed by atoms with Gasteiger partial charge < -0.3 is 14.0 Å². The molecule has 0 fully saturated rings. The fourth-order valence-corrected chi connectivity index (χ4v) is 3.06. The van der Waals surface area contributed by atoms with Gasteiger partial charge in [-0.15, -0.1) is 0 Å². The Bertz CT molecular complexity index is 637. The predicted octanol–water partition coefficient (Wildman–Crippen LogP) is 3.26. The van der Waals surface area contributed by atoms with Gasteiger partial charge in [-0.05, 0) is 36.8 Å². The summed E-state index contributed by atoms with van der Waals surface area (Å²) >= 11 is 6.28. The van der Waals surface area contributed by atoms with Crippen LogP contribution in [0.5, 0.6) is 5.75 Å². The van der Waals surface area contributed by atoms with Crippen molar-refractivity contribution in [1.82, 2.24) is 9.55 Å². The molecule has 0 aliphatic heterocycles. The summed E-state index contributed by atoms with van der Waals surface area (Å²) in [5.74, 6) is 1.71. The first-order valence-electron chi connectivity index (χ1n) is 6.92. The normalized spacial score (nSPS) is 14.1. The quantitative estimate of drug-likeness (QED) is 0.651. The van der Waals surface area contributed by atoms with E-state index in [1.807, 2.05) is 16.8 Å². The molecule has 0 aliphatic rings. The zero-order valence-corrected chi connectivity index (χ0v) is 15.0. The van der Waals surface area contributed by atoms with Crippen LogP contribution in [0.3, 0.4) is 0 Å². The highest BCUT2D eigenvalue weighted by Gasteiger charge is 2.18. The van der Waals surface area contributed by atoms with E-state index in [1.54, 1.807) is 13.3 Å². The first kappa shape index (κ1) is 16.5. The summed E-state index contributed by atoms with van der Waals surface area (Å²) in [6.07, 6.45) is 13.0. The predicted molar refractivity (Wildman–Crippen MR) is 94.8 cm³/mol. The SMILES string of the molecule is COc1cnc2c(ccn2COCC[SH](C)(C)(C)C)c1Cl. The maximum atomic E-state index is 6.28. The number of thiol groups is 1. The van der Waals surface area contributed by atoms with Crippen LogP contribution >= 0.6 is 20.8 Å². The number of rotatable bonds is 6. The Morgan fingerprint density at radius 2 is 2.00 bits per heavy atom. The Morgan fingerprint density at radius 3 is 2.62 bits per heavy atom. The lowest BCUT2D eigenvalue weighted by Crippen LogP contribution is -2.19. The van der Waals surface area contributed by atoms with Gasteiger partial charge in [-0.1, -0.05) is 11.6 Å². The van der Waals surface area contributed by atoms with Crippen LogP contribution in [0.25, 0.3) is 11.0 Å². The Kier molecular flexibility index (Phi) is 4.47. The molecule has 0 amide bonds. The summed E-state index contributed by atoms with van der Waals surface area (Å²) in [4.78, 5) is 4.40. The minimum Gasteiger partial charge on any atom is -0.494 e.